The first-order valence-electron chi connectivity index (χ1n) is 10.3. The summed E-state index contributed by atoms with van der Waals surface area (Å²) in [6.07, 6.45) is 6.76. The highest BCUT2D eigenvalue weighted by molar-refractivity contribution is 5.92. The fourth-order valence-corrected chi connectivity index (χ4v) is 4.07. The molecule has 1 aliphatic rings. The van der Waals surface area contributed by atoms with E-state index in [4.69, 9.17) is 4.74 Å². The van der Waals surface area contributed by atoms with Crippen LogP contribution in [-0.4, -0.2) is 39.5 Å². The maximum absolute atomic E-state index is 12.7. The monoisotopic (exact) mass is 384 g/mol. The summed E-state index contributed by atoms with van der Waals surface area (Å²) in [5, 5.41) is 1.07. The minimum absolute atomic E-state index is 0.244. The van der Waals surface area contributed by atoms with Crippen molar-refractivity contribution in [1.82, 2.24) is 9.47 Å². The summed E-state index contributed by atoms with van der Waals surface area (Å²) >= 11 is 0. The van der Waals surface area contributed by atoms with Crippen LogP contribution in [0.3, 0.4) is 0 Å². The predicted octanol–water partition coefficient (Wildman–Crippen LogP) is 5.15. The number of Topliss-reactive ketones (excluding diaryl/α,β-unsaturated/α-hetero) is 1. The van der Waals surface area contributed by atoms with Gasteiger partial charge in [0.15, 0.2) is 0 Å². The Balaban J connectivity index is 1.92. The third-order valence-corrected chi connectivity index (χ3v) is 5.28. The topological polar surface area (TPSA) is 51.5 Å². The molecule has 5 heteroatoms. The highest BCUT2D eigenvalue weighted by Crippen LogP contribution is 2.27. The Bertz CT molecular complexity index is 847. The molecule has 1 aromatic carbocycles. The molecule has 0 spiro atoms. The molecule has 0 N–H and O–H groups in total. The van der Waals surface area contributed by atoms with Gasteiger partial charge in [0.25, 0.3) is 0 Å². The largest absolute Gasteiger partial charge is 0.443 e. The van der Waals surface area contributed by atoms with Gasteiger partial charge in [-0.15, -0.1) is 0 Å². The summed E-state index contributed by atoms with van der Waals surface area (Å²) in [7, 11) is 0. The summed E-state index contributed by atoms with van der Waals surface area (Å²) in [6, 6.07) is 8.24. The van der Waals surface area contributed by atoms with Crippen molar-refractivity contribution < 1.29 is 14.3 Å². The summed E-state index contributed by atoms with van der Waals surface area (Å²) in [5.74, 6) is 0.244. The number of ketones is 1. The summed E-state index contributed by atoms with van der Waals surface area (Å²) in [4.78, 5) is 26.9. The summed E-state index contributed by atoms with van der Waals surface area (Å²) in [5.41, 5.74) is 1.43. The maximum Gasteiger partial charge on any atom is 0.419 e. The number of para-hydroxylation sites is 1. The van der Waals surface area contributed by atoms with E-state index in [1.165, 1.54) is 12.8 Å². The van der Waals surface area contributed by atoms with E-state index in [2.05, 4.69) is 11.0 Å². The number of carbonyl (C=O) groups excluding carboxylic acids is 2. The number of hydrogen-bond acceptors (Lipinski definition) is 4. The zero-order valence-corrected chi connectivity index (χ0v) is 17.5. The van der Waals surface area contributed by atoms with Crippen molar-refractivity contribution in [1.29, 1.82) is 0 Å². The van der Waals surface area contributed by atoms with Gasteiger partial charge in [-0.05, 0) is 58.7 Å². The Morgan fingerprint density at radius 2 is 1.89 bits per heavy atom. The molecule has 5 nitrogen and oxygen atoms in total. The van der Waals surface area contributed by atoms with Crippen molar-refractivity contribution in [2.45, 2.75) is 78.0 Å². The number of benzene rings is 1. The first kappa shape index (κ1) is 20.6. The Kier molecular flexibility index (Phi) is 6.23. The quantitative estimate of drug-likeness (QED) is 0.732. The lowest BCUT2D eigenvalue weighted by molar-refractivity contribution is -0.118. The Morgan fingerprint density at radius 3 is 2.61 bits per heavy atom. The molecule has 1 saturated heterocycles. The second-order valence-electron chi connectivity index (χ2n) is 8.90. The highest BCUT2D eigenvalue weighted by atomic mass is 16.6. The van der Waals surface area contributed by atoms with Crippen molar-refractivity contribution in [2.75, 3.05) is 6.54 Å². The van der Waals surface area contributed by atoms with E-state index >= 15 is 0 Å². The molecular formula is C23H32N2O3. The van der Waals surface area contributed by atoms with Gasteiger partial charge in [-0.2, -0.15) is 0 Å². The predicted molar refractivity (Wildman–Crippen MR) is 112 cm³/mol. The van der Waals surface area contributed by atoms with Crippen LogP contribution >= 0.6 is 0 Å². The number of likely N-dealkylation sites (tertiary alicyclic amines) is 1. The molecule has 1 atom stereocenters. The van der Waals surface area contributed by atoms with Crippen LogP contribution in [0.25, 0.3) is 10.9 Å². The van der Waals surface area contributed by atoms with Crippen molar-refractivity contribution in [3.63, 3.8) is 0 Å². The molecule has 0 aliphatic carbocycles. The molecule has 3 rings (SSSR count). The number of aromatic nitrogens is 1. The van der Waals surface area contributed by atoms with Crippen LogP contribution < -0.4 is 0 Å². The second-order valence-corrected chi connectivity index (χ2v) is 8.90. The average molecular weight is 385 g/mol. The third-order valence-electron chi connectivity index (χ3n) is 5.28. The normalized spacial score (nSPS) is 18.8. The third kappa shape index (κ3) is 5.02. The first-order chi connectivity index (χ1) is 13.2. The van der Waals surface area contributed by atoms with Crippen molar-refractivity contribution >= 4 is 22.8 Å². The minimum Gasteiger partial charge on any atom is -0.443 e. The van der Waals surface area contributed by atoms with Gasteiger partial charge in [0, 0.05) is 30.6 Å². The molecule has 1 aromatic heterocycles. The van der Waals surface area contributed by atoms with E-state index in [1.54, 1.807) is 11.5 Å². The SMILES string of the molecule is CC(=O)CC1CCCCCN1Cc1cn(C(=O)OC(C)(C)C)c2ccccc12. The van der Waals surface area contributed by atoms with E-state index in [9.17, 15) is 9.59 Å². The van der Waals surface area contributed by atoms with Crippen LogP contribution in [0.5, 0.6) is 0 Å². The zero-order chi connectivity index (χ0) is 20.3. The van der Waals surface area contributed by atoms with Crippen LogP contribution in [-0.2, 0) is 16.1 Å². The molecule has 0 radical (unpaired) electrons. The van der Waals surface area contributed by atoms with Crippen LogP contribution in [0, 0.1) is 0 Å². The van der Waals surface area contributed by atoms with E-state index in [0.717, 1.165) is 42.4 Å². The van der Waals surface area contributed by atoms with Crippen LogP contribution in [0.2, 0.25) is 0 Å². The van der Waals surface area contributed by atoms with Crippen molar-refractivity contribution in [3.8, 4) is 0 Å². The van der Waals surface area contributed by atoms with Crippen LogP contribution in [0.4, 0.5) is 4.79 Å². The number of carbonyl (C=O) groups is 2. The number of ether oxygens (including phenoxy) is 1. The Morgan fingerprint density at radius 1 is 1.14 bits per heavy atom. The molecule has 0 bridgehead atoms. The lowest BCUT2D eigenvalue weighted by Crippen LogP contribution is -2.35. The van der Waals surface area contributed by atoms with E-state index in [1.807, 2.05) is 45.2 Å². The van der Waals surface area contributed by atoms with E-state index < -0.39 is 5.60 Å². The number of rotatable bonds is 4. The lowest BCUT2D eigenvalue weighted by atomic mass is 10.0. The van der Waals surface area contributed by atoms with Gasteiger partial charge in [-0.1, -0.05) is 31.0 Å². The second kappa shape index (κ2) is 8.48. The van der Waals surface area contributed by atoms with Crippen molar-refractivity contribution in [3.05, 3.63) is 36.0 Å². The molecule has 28 heavy (non-hydrogen) atoms. The maximum atomic E-state index is 12.7. The molecule has 1 fully saturated rings. The molecule has 1 aliphatic heterocycles. The fraction of sp³-hybridized carbons (Fsp3) is 0.565. The molecule has 152 valence electrons. The zero-order valence-electron chi connectivity index (χ0n) is 17.5. The van der Waals surface area contributed by atoms with Gasteiger partial charge in [0.1, 0.15) is 11.4 Å². The van der Waals surface area contributed by atoms with Gasteiger partial charge in [0.05, 0.1) is 5.52 Å². The summed E-state index contributed by atoms with van der Waals surface area (Å²) < 4.78 is 7.21. The molecule has 2 aromatic rings. The fourth-order valence-electron chi connectivity index (χ4n) is 4.07. The van der Waals surface area contributed by atoms with E-state index in [0.29, 0.717) is 6.42 Å². The Hall–Kier alpha value is -2.14. The molecular weight excluding hydrogens is 352 g/mol. The number of fused-ring (bicyclic) bond motifs is 1. The van der Waals surface area contributed by atoms with Crippen LogP contribution in [0.1, 0.15) is 65.4 Å². The van der Waals surface area contributed by atoms with Gasteiger partial charge >= 0.3 is 6.09 Å². The van der Waals surface area contributed by atoms with Gasteiger partial charge in [-0.25, -0.2) is 4.79 Å². The molecule has 0 saturated carbocycles. The average Bonchev–Trinajstić information content (AvgIpc) is 2.82. The lowest BCUT2D eigenvalue weighted by Gasteiger charge is -2.29. The van der Waals surface area contributed by atoms with E-state index in [-0.39, 0.29) is 17.9 Å². The van der Waals surface area contributed by atoms with Gasteiger partial charge in [-0.3, -0.25) is 14.3 Å². The van der Waals surface area contributed by atoms with Gasteiger partial charge < -0.3 is 4.74 Å². The van der Waals surface area contributed by atoms with Gasteiger partial charge in [0.2, 0.25) is 0 Å². The first-order valence-corrected chi connectivity index (χ1v) is 10.3. The minimum atomic E-state index is -0.542. The number of hydrogen-bond donors (Lipinski definition) is 0. The highest BCUT2D eigenvalue weighted by Gasteiger charge is 2.25. The smallest absolute Gasteiger partial charge is 0.419 e. The van der Waals surface area contributed by atoms with Crippen LogP contribution in [0.15, 0.2) is 30.5 Å². The molecule has 0 amide bonds. The Labute approximate surface area is 167 Å². The molecule has 1 unspecified atom stereocenters. The number of nitrogens with zero attached hydrogens (tertiary/aromatic N) is 2. The summed E-state index contributed by atoms with van der Waals surface area (Å²) in [6.45, 7) is 9.04. The van der Waals surface area contributed by atoms with Crippen molar-refractivity contribution in [2.24, 2.45) is 0 Å². The molecule has 2 heterocycles. The standard InChI is InChI=1S/C23H32N2O3/c1-17(26)14-19-10-6-5-9-13-24(19)15-18-16-25(22(27)28-23(2,3)4)21-12-8-7-11-20(18)21/h7-8,11-12,16,19H,5-6,9-10,13-15H2,1-4H3.